The first-order chi connectivity index (χ1) is 6.59. The van der Waals surface area contributed by atoms with E-state index in [0.29, 0.717) is 17.1 Å². The Balaban J connectivity index is 2.51. The second-order valence-corrected chi connectivity index (χ2v) is 3.72. The predicted octanol–water partition coefficient (Wildman–Crippen LogP) is 0.578. The average Bonchev–Trinajstić information content (AvgIpc) is 2.43. The number of nitrogens with one attached hydrogen (secondary N) is 1. The van der Waals surface area contributed by atoms with Crippen LogP contribution in [0.2, 0.25) is 0 Å². The number of hydrogen-bond donors (Lipinski definition) is 1. The van der Waals surface area contributed by atoms with E-state index in [0.717, 1.165) is 11.4 Å². The van der Waals surface area contributed by atoms with Crippen LogP contribution in [0.25, 0.3) is 0 Å². The van der Waals surface area contributed by atoms with Crippen molar-refractivity contribution in [2.75, 3.05) is 5.32 Å². The zero-order valence-electron chi connectivity index (χ0n) is 8.29. The summed E-state index contributed by atoms with van der Waals surface area (Å²) in [4.78, 5) is 15.7. The van der Waals surface area contributed by atoms with Gasteiger partial charge in [0.15, 0.2) is 0 Å². The standard InChI is InChI=1S/C10H11BN2O/c1-5(2)6-3-4-7-9(12-6)8(11)10(14)13-7/h3-5,11H,1-2H3,(H,13,14). The Morgan fingerprint density at radius 1 is 1.43 bits per heavy atom. The molecule has 14 heavy (non-hydrogen) atoms. The van der Waals surface area contributed by atoms with Crippen molar-refractivity contribution in [3.8, 4) is 0 Å². The van der Waals surface area contributed by atoms with E-state index in [9.17, 15) is 4.79 Å². The summed E-state index contributed by atoms with van der Waals surface area (Å²) in [6, 6.07) is 3.82. The van der Waals surface area contributed by atoms with Crippen molar-refractivity contribution < 1.29 is 4.79 Å². The molecule has 0 unspecified atom stereocenters. The molecule has 3 nitrogen and oxygen atoms in total. The minimum atomic E-state index is -0.145. The third-order valence-electron chi connectivity index (χ3n) is 2.32. The molecule has 1 amide bonds. The molecule has 0 aromatic carbocycles. The van der Waals surface area contributed by atoms with Crippen LogP contribution in [-0.4, -0.2) is 23.8 Å². The van der Waals surface area contributed by atoms with Crippen LogP contribution < -0.4 is 5.32 Å². The Morgan fingerprint density at radius 3 is 2.79 bits per heavy atom. The van der Waals surface area contributed by atoms with Crippen LogP contribution in [0.1, 0.15) is 31.2 Å². The second kappa shape index (κ2) is 3.05. The Labute approximate surface area is 83.6 Å². The molecule has 4 heteroatoms. The molecule has 0 spiro atoms. The number of amides is 1. The van der Waals surface area contributed by atoms with E-state index in [4.69, 9.17) is 0 Å². The third-order valence-corrected chi connectivity index (χ3v) is 2.32. The molecule has 70 valence electrons. The molecular formula is C10H11BN2O. The number of pyridine rings is 1. The van der Waals surface area contributed by atoms with E-state index < -0.39 is 0 Å². The Morgan fingerprint density at radius 2 is 2.14 bits per heavy atom. The summed E-state index contributed by atoms with van der Waals surface area (Å²) in [7, 11) is 3.70. The second-order valence-electron chi connectivity index (χ2n) is 3.72. The first-order valence-corrected chi connectivity index (χ1v) is 4.61. The van der Waals surface area contributed by atoms with Gasteiger partial charge in [-0.3, -0.25) is 0 Å². The number of rotatable bonds is 1. The van der Waals surface area contributed by atoms with Crippen molar-refractivity contribution in [1.29, 1.82) is 0 Å². The Kier molecular flexibility index (Phi) is 1.99. The number of nitrogens with zero attached hydrogens (tertiary/aromatic N) is 1. The topological polar surface area (TPSA) is 42.0 Å². The van der Waals surface area contributed by atoms with Crippen molar-refractivity contribution >= 4 is 24.5 Å². The first kappa shape index (κ1) is 9.12. The number of anilines is 1. The van der Waals surface area contributed by atoms with Gasteiger partial charge in [-0.25, -0.2) is 0 Å². The summed E-state index contributed by atoms with van der Waals surface area (Å²) < 4.78 is 0. The fourth-order valence-corrected chi connectivity index (χ4v) is 1.43. The van der Waals surface area contributed by atoms with Gasteiger partial charge in [0, 0.05) is 0 Å². The molecule has 1 aliphatic rings. The first-order valence-electron chi connectivity index (χ1n) is 4.61. The molecule has 2 heterocycles. The quantitative estimate of drug-likeness (QED) is 0.651. The predicted molar refractivity (Wildman–Crippen MR) is 58.2 cm³/mol. The number of carbonyl (C=O) groups is 1. The molecule has 0 radical (unpaired) electrons. The normalized spacial score (nSPS) is 14.4. The number of hydrogen-bond acceptors (Lipinski definition) is 2. The summed E-state index contributed by atoms with van der Waals surface area (Å²) in [5.41, 5.74) is 2.91. The van der Waals surface area contributed by atoms with Crippen LogP contribution in [0.5, 0.6) is 0 Å². The van der Waals surface area contributed by atoms with E-state index >= 15 is 0 Å². The van der Waals surface area contributed by atoms with Gasteiger partial charge in [-0.05, 0) is 0 Å². The molecule has 0 atom stereocenters. The van der Waals surface area contributed by atoms with Crippen LogP contribution >= 0.6 is 0 Å². The minimum absolute atomic E-state index is 0.145. The van der Waals surface area contributed by atoms with Gasteiger partial charge in [0.1, 0.15) is 0 Å². The van der Waals surface area contributed by atoms with E-state index in [2.05, 4.69) is 31.6 Å². The molecule has 0 bridgehead atoms. The molecule has 0 saturated heterocycles. The van der Waals surface area contributed by atoms with Crippen molar-refractivity contribution in [2.24, 2.45) is 0 Å². The number of aromatic nitrogens is 1. The van der Waals surface area contributed by atoms with Crippen LogP contribution in [0, 0.1) is 0 Å². The van der Waals surface area contributed by atoms with E-state index in [1.54, 1.807) is 0 Å². The molecule has 1 N–H and O–H groups in total. The zero-order valence-corrected chi connectivity index (χ0v) is 8.29. The van der Waals surface area contributed by atoms with Crippen LogP contribution in [0.4, 0.5) is 5.69 Å². The maximum absolute atomic E-state index is 11.3. The van der Waals surface area contributed by atoms with E-state index in [1.165, 1.54) is 0 Å². The summed E-state index contributed by atoms with van der Waals surface area (Å²) in [5, 5.41) is 2.71. The van der Waals surface area contributed by atoms with Gasteiger partial charge >= 0.3 is 82.9 Å². The van der Waals surface area contributed by atoms with Crippen molar-refractivity contribution in [3.63, 3.8) is 0 Å². The van der Waals surface area contributed by atoms with Gasteiger partial charge < -0.3 is 0 Å². The fraction of sp³-hybridized carbons (Fsp3) is 0.300. The fourth-order valence-electron chi connectivity index (χ4n) is 1.43. The van der Waals surface area contributed by atoms with Gasteiger partial charge in [0.2, 0.25) is 0 Å². The van der Waals surface area contributed by atoms with Gasteiger partial charge in [-0.15, -0.1) is 0 Å². The van der Waals surface area contributed by atoms with E-state index in [-0.39, 0.29) is 5.91 Å². The molecule has 1 aromatic heterocycles. The zero-order chi connectivity index (χ0) is 10.3. The van der Waals surface area contributed by atoms with Gasteiger partial charge in [-0.1, -0.05) is 0 Å². The van der Waals surface area contributed by atoms with Gasteiger partial charge in [0.25, 0.3) is 0 Å². The third kappa shape index (κ3) is 1.27. The molecule has 0 aliphatic carbocycles. The average molecular weight is 186 g/mol. The van der Waals surface area contributed by atoms with Gasteiger partial charge in [-0.2, -0.15) is 0 Å². The molecule has 1 aliphatic heterocycles. The molecule has 0 fully saturated rings. The van der Waals surface area contributed by atoms with Crippen LogP contribution in [0.3, 0.4) is 0 Å². The van der Waals surface area contributed by atoms with Crippen molar-refractivity contribution in [2.45, 2.75) is 19.8 Å². The summed E-state index contributed by atoms with van der Waals surface area (Å²) >= 11 is 0. The van der Waals surface area contributed by atoms with Crippen molar-refractivity contribution in [3.05, 3.63) is 23.5 Å². The van der Waals surface area contributed by atoms with Crippen molar-refractivity contribution in [1.82, 2.24) is 4.98 Å². The molecule has 0 saturated carbocycles. The SMILES string of the molecule is B=C1C(=O)Nc2ccc(C(C)C)nc21. The van der Waals surface area contributed by atoms with Gasteiger partial charge in [0.05, 0.1) is 0 Å². The monoisotopic (exact) mass is 186 g/mol. The molecule has 2 rings (SSSR count). The summed E-state index contributed by atoms with van der Waals surface area (Å²) in [5.74, 6) is 0.220. The number of fused-ring (bicyclic) bond motifs is 1. The number of carbonyl (C=O) groups excluding carboxylic acids is 1. The Hall–Kier alpha value is -1.45. The summed E-state index contributed by atoms with van der Waals surface area (Å²) in [6.07, 6.45) is 0. The van der Waals surface area contributed by atoms with E-state index in [1.807, 2.05) is 12.1 Å². The maximum atomic E-state index is 11.3. The summed E-state index contributed by atoms with van der Waals surface area (Å²) in [6.45, 7) is 4.14. The molecular weight excluding hydrogens is 175 g/mol. The van der Waals surface area contributed by atoms with Crippen LogP contribution in [-0.2, 0) is 4.79 Å². The Bertz CT molecular complexity index is 426. The molecule has 1 aromatic rings. The van der Waals surface area contributed by atoms with Crippen LogP contribution in [0.15, 0.2) is 12.1 Å².